The largest absolute Gasteiger partial charge is 0.466 e. The second-order valence-corrected chi connectivity index (χ2v) is 9.79. The molecular formula is C27H36N2O5. The molecule has 1 saturated heterocycles. The summed E-state index contributed by atoms with van der Waals surface area (Å²) in [5, 5.41) is 3.26. The van der Waals surface area contributed by atoms with Crippen molar-refractivity contribution in [2.24, 2.45) is 5.92 Å². The average Bonchev–Trinajstić information content (AvgIpc) is 3.28. The minimum absolute atomic E-state index is 0.00983. The van der Waals surface area contributed by atoms with Gasteiger partial charge in [0.1, 0.15) is 11.5 Å². The van der Waals surface area contributed by atoms with E-state index in [-0.39, 0.29) is 35.3 Å². The average molecular weight is 469 g/mol. The van der Waals surface area contributed by atoms with Crippen LogP contribution in [0.2, 0.25) is 0 Å². The zero-order valence-electron chi connectivity index (χ0n) is 20.8. The molecule has 34 heavy (non-hydrogen) atoms. The molecule has 1 aliphatic heterocycles. The van der Waals surface area contributed by atoms with Crippen molar-refractivity contribution in [3.05, 3.63) is 58.5 Å². The quantitative estimate of drug-likeness (QED) is 0.623. The maximum absolute atomic E-state index is 13.2. The lowest BCUT2D eigenvalue weighted by Crippen LogP contribution is -2.52. The number of furan rings is 1. The van der Waals surface area contributed by atoms with Gasteiger partial charge >= 0.3 is 0 Å². The number of fused-ring (bicyclic) bond motifs is 2. The zero-order chi connectivity index (χ0) is 24.5. The van der Waals surface area contributed by atoms with Gasteiger partial charge in [-0.05, 0) is 43.9 Å². The van der Waals surface area contributed by atoms with Crippen molar-refractivity contribution in [3.8, 4) is 0 Å². The molecule has 1 fully saturated rings. The van der Waals surface area contributed by atoms with Crippen LogP contribution in [0.4, 0.5) is 0 Å². The Balaban J connectivity index is 1.62. The van der Waals surface area contributed by atoms with Crippen LogP contribution >= 0.6 is 0 Å². The summed E-state index contributed by atoms with van der Waals surface area (Å²) in [6.45, 7) is 9.65. The number of methoxy groups -OCH3 is 1. The maximum atomic E-state index is 13.2. The van der Waals surface area contributed by atoms with Crippen molar-refractivity contribution in [3.63, 3.8) is 0 Å². The van der Waals surface area contributed by atoms with E-state index in [1.165, 1.54) is 5.56 Å². The van der Waals surface area contributed by atoms with Crippen LogP contribution in [-0.4, -0.2) is 56.2 Å². The second kappa shape index (κ2) is 9.92. The van der Waals surface area contributed by atoms with E-state index < -0.39 is 0 Å². The number of ether oxygens (including phenoxy) is 2. The highest BCUT2D eigenvalue weighted by atomic mass is 16.5. The van der Waals surface area contributed by atoms with E-state index in [1.807, 2.05) is 44.7 Å². The number of piperidine rings is 1. The number of hydrogen-bond donors (Lipinski definition) is 1. The molecule has 2 aliphatic rings. The predicted molar refractivity (Wildman–Crippen MR) is 129 cm³/mol. The number of benzene rings is 1. The SMILES string of the molecule is COCCO[C@H]1[C@H](NC(=O)C(C)C)c2ccccc2C12CCN(C(=O)c1cc(C)oc1C)CC2. The number of hydrogen-bond acceptors (Lipinski definition) is 5. The van der Waals surface area contributed by atoms with E-state index in [4.69, 9.17) is 13.9 Å². The number of amides is 2. The fourth-order valence-corrected chi connectivity index (χ4v) is 5.52. The lowest BCUT2D eigenvalue weighted by molar-refractivity contribution is -0.127. The van der Waals surface area contributed by atoms with Crippen LogP contribution in [0.3, 0.4) is 0 Å². The monoisotopic (exact) mass is 468 g/mol. The van der Waals surface area contributed by atoms with E-state index in [0.29, 0.717) is 37.6 Å². The Labute approximate surface area is 201 Å². The van der Waals surface area contributed by atoms with Gasteiger partial charge in [-0.25, -0.2) is 0 Å². The molecule has 2 atom stereocenters. The lowest BCUT2D eigenvalue weighted by Gasteiger charge is -2.44. The molecule has 2 heterocycles. The van der Waals surface area contributed by atoms with Gasteiger partial charge < -0.3 is 24.1 Å². The van der Waals surface area contributed by atoms with Crippen molar-refractivity contribution in [1.29, 1.82) is 0 Å². The van der Waals surface area contributed by atoms with Gasteiger partial charge in [0, 0.05) is 31.5 Å². The topological polar surface area (TPSA) is 81.0 Å². The Hall–Kier alpha value is -2.64. The van der Waals surface area contributed by atoms with Crippen molar-refractivity contribution in [2.45, 2.75) is 58.1 Å². The summed E-state index contributed by atoms with van der Waals surface area (Å²) in [5.74, 6) is 1.30. The molecule has 2 aromatic rings. The number of nitrogens with zero attached hydrogens (tertiary/aromatic N) is 1. The van der Waals surface area contributed by atoms with Crippen molar-refractivity contribution < 1.29 is 23.5 Å². The highest BCUT2D eigenvalue weighted by molar-refractivity contribution is 5.95. The summed E-state index contributed by atoms with van der Waals surface area (Å²) < 4.78 is 17.3. The minimum Gasteiger partial charge on any atom is -0.466 e. The Bertz CT molecular complexity index is 1040. The van der Waals surface area contributed by atoms with Crippen LogP contribution in [0.25, 0.3) is 0 Å². The predicted octanol–water partition coefficient (Wildman–Crippen LogP) is 3.93. The van der Waals surface area contributed by atoms with Crippen LogP contribution in [0.15, 0.2) is 34.7 Å². The van der Waals surface area contributed by atoms with Gasteiger partial charge in [-0.15, -0.1) is 0 Å². The van der Waals surface area contributed by atoms with Crippen LogP contribution in [0.1, 0.15) is 65.7 Å². The lowest BCUT2D eigenvalue weighted by atomic mass is 9.71. The molecule has 1 spiro atoms. The fourth-order valence-electron chi connectivity index (χ4n) is 5.52. The molecule has 7 nitrogen and oxygen atoms in total. The van der Waals surface area contributed by atoms with Gasteiger partial charge in [0.25, 0.3) is 5.91 Å². The highest BCUT2D eigenvalue weighted by Crippen LogP contribution is 2.52. The first-order chi connectivity index (χ1) is 16.3. The third kappa shape index (κ3) is 4.39. The maximum Gasteiger partial charge on any atom is 0.257 e. The van der Waals surface area contributed by atoms with Crippen LogP contribution < -0.4 is 5.32 Å². The fraction of sp³-hybridized carbons (Fsp3) is 0.556. The van der Waals surface area contributed by atoms with Gasteiger partial charge in [-0.2, -0.15) is 0 Å². The van der Waals surface area contributed by atoms with Gasteiger partial charge in [0.2, 0.25) is 5.91 Å². The molecule has 1 aliphatic carbocycles. The highest BCUT2D eigenvalue weighted by Gasteiger charge is 2.54. The molecule has 0 bridgehead atoms. The number of likely N-dealkylation sites (tertiary alicyclic amines) is 1. The summed E-state index contributed by atoms with van der Waals surface area (Å²) >= 11 is 0. The Morgan fingerprint density at radius 1 is 1.18 bits per heavy atom. The molecule has 0 radical (unpaired) electrons. The standard InChI is InChI=1S/C27H36N2O5/c1-17(2)25(30)28-23-20-8-6-7-9-22(20)27(24(23)33-15-14-32-5)10-12-29(13-11-27)26(31)21-16-18(3)34-19(21)4/h6-9,16-17,23-24H,10-15H2,1-5H3,(H,28,30)/t23-,24+/m1/s1. The molecule has 1 N–H and O–H groups in total. The summed E-state index contributed by atoms with van der Waals surface area (Å²) in [4.78, 5) is 27.9. The van der Waals surface area contributed by atoms with Crippen LogP contribution in [0.5, 0.6) is 0 Å². The van der Waals surface area contributed by atoms with Crippen molar-refractivity contribution >= 4 is 11.8 Å². The third-order valence-corrected chi connectivity index (χ3v) is 7.30. The Kier molecular flexibility index (Phi) is 7.14. The van der Waals surface area contributed by atoms with E-state index >= 15 is 0 Å². The molecule has 4 rings (SSSR count). The van der Waals surface area contributed by atoms with E-state index in [1.54, 1.807) is 7.11 Å². The molecule has 0 unspecified atom stereocenters. The Morgan fingerprint density at radius 2 is 1.88 bits per heavy atom. The molecule has 184 valence electrons. The molecule has 2 amide bonds. The molecule has 1 aromatic heterocycles. The number of aryl methyl sites for hydroxylation is 2. The van der Waals surface area contributed by atoms with Crippen LogP contribution in [-0.2, 0) is 19.7 Å². The molecular weight excluding hydrogens is 432 g/mol. The second-order valence-electron chi connectivity index (χ2n) is 9.79. The first kappa shape index (κ1) is 24.5. The molecule has 1 aromatic carbocycles. The number of carbonyl (C=O) groups is 2. The summed E-state index contributed by atoms with van der Waals surface area (Å²) in [5.41, 5.74) is 2.68. The molecule has 7 heteroatoms. The number of nitrogens with one attached hydrogen (secondary N) is 1. The third-order valence-electron chi connectivity index (χ3n) is 7.30. The van der Waals surface area contributed by atoms with E-state index in [2.05, 4.69) is 23.5 Å². The number of rotatable bonds is 7. The first-order valence-corrected chi connectivity index (χ1v) is 12.1. The van der Waals surface area contributed by atoms with Crippen molar-refractivity contribution in [2.75, 3.05) is 33.4 Å². The smallest absolute Gasteiger partial charge is 0.257 e. The number of carbonyl (C=O) groups excluding carboxylic acids is 2. The van der Waals surface area contributed by atoms with Crippen molar-refractivity contribution in [1.82, 2.24) is 10.2 Å². The Morgan fingerprint density at radius 3 is 2.50 bits per heavy atom. The summed E-state index contributed by atoms with van der Waals surface area (Å²) in [6.07, 6.45) is 1.30. The molecule has 0 saturated carbocycles. The zero-order valence-corrected chi connectivity index (χ0v) is 20.8. The van der Waals surface area contributed by atoms with Gasteiger partial charge in [0.15, 0.2) is 0 Å². The van der Waals surface area contributed by atoms with Gasteiger partial charge in [-0.3, -0.25) is 9.59 Å². The minimum atomic E-state index is -0.280. The van der Waals surface area contributed by atoms with Gasteiger partial charge in [0.05, 0.1) is 30.9 Å². The van der Waals surface area contributed by atoms with E-state index in [0.717, 1.165) is 24.2 Å². The van der Waals surface area contributed by atoms with E-state index in [9.17, 15) is 9.59 Å². The normalized spacial score (nSPS) is 21.2. The van der Waals surface area contributed by atoms with Crippen LogP contribution in [0, 0.1) is 19.8 Å². The summed E-state index contributed by atoms with van der Waals surface area (Å²) in [7, 11) is 1.66. The summed E-state index contributed by atoms with van der Waals surface area (Å²) in [6, 6.07) is 9.91. The first-order valence-electron chi connectivity index (χ1n) is 12.1. The van der Waals surface area contributed by atoms with Gasteiger partial charge in [-0.1, -0.05) is 38.1 Å².